The summed E-state index contributed by atoms with van der Waals surface area (Å²) in [6, 6.07) is 8.13. The number of hydrogen-bond donors (Lipinski definition) is 1. The normalized spacial score (nSPS) is 16.6. The SMILES string of the molecule is CCCC[C@H](CC)C(=O)Nc1ccc(N2CCN(C(=O)C[C@H](C)CC(C)(C)C)CC2)cc1. The zero-order chi connectivity index (χ0) is 23.7. The molecule has 2 atom stereocenters. The predicted molar refractivity (Wildman–Crippen MR) is 135 cm³/mol. The van der Waals surface area contributed by atoms with Crippen LogP contribution in [0, 0.1) is 17.3 Å². The summed E-state index contributed by atoms with van der Waals surface area (Å²) in [4.78, 5) is 29.6. The molecular weight excluding hydrogens is 398 g/mol. The Morgan fingerprint density at radius 2 is 1.66 bits per heavy atom. The molecule has 0 aliphatic carbocycles. The number of hydrogen-bond acceptors (Lipinski definition) is 3. The van der Waals surface area contributed by atoms with Gasteiger partial charge < -0.3 is 15.1 Å². The van der Waals surface area contributed by atoms with E-state index in [1.165, 1.54) is 0 Å². The molecule has 1 N–H and O–H groups in total. The van der Waals surface area contributed by atoms with Crippen LogP contribution in [-0.2, 0) is 9.59 Å². The molecule has 0 radical (unpaired) electrons. The Balaban J connectivity index is 1.82. The number of carbonyl (C=O) groups is 2. The zero-order valence-electron chi connectivity index (χ0n) is 21.2. The van der Waals surface area contributed by atoms with Crippen LogP contribution in [0.2, 0.25) is 0 Å². The standard InChI is InChI=1S/C27H45N3O2/c1-7-9-10-22(8-2)26(32)28-23-11-13-24(14-12-23)29-15-17-30(18-16-29)25(31)19-21(3)20-27(4,5)6/h11-14,21-22H,7-10,15-20H2,1-6H3,(H,28,32)/t21-,22-/m0/s1. The van der Waals surface area contributed by atoms with Crippen molar-refractivity contribution in [1.29, 1.82) is 0 Å². The van der Waals surface area contributed by atoms with Crippen molar-refractivity contribution in [3.63, 3.8) is 0 Å². The summed E-state index contributed by atoms with van der Waals surface area (Å²) in [7, 11) is 0. The molecule has 0 aromatic heterocycles. The maximum Gasteiger partial charge on any atom is 0.227 e. The Labute approximate surface area is 195 Å². The van der Waals surface area contributed by atoms with E-state index in [1.54, 1.807) is 0 Å². The van der Waals surface area contributed by atoms with Crippen LogP contribution in [0.15, 0.2) is 24.3 Å². The molecule has 0 saturated carbocycles. The second kappa shape index (κ2) is 12.3. The minimum Gasteiger partial charge on any atom is -0.368 e. The van der Waals surface area contributed by atoms with Crippen LogP contribution in [-0.4, -0.2) is 42.9 Å². The molecule has 1 aliphatic heterocycles. The lowest BCUT2D eigenvalue weighted by Gasteiger charge is -2.37. The van der Waals surface area contributed by atoms with E-state index >= 15 is 0 Å². The van der Waals surface area contributed by atoms with Crippen LogP contribution in [0.4, 0.5) is 11.4 Å². The number of amides is 2. The molecule has 1 heterocycles. The lowest BCUT2D eigenvalue weighted by Crippen LogP contribution is -2.49. The molecule has 1 fully saturated rings. The molecule has 5 heteroatoms. The first-order chi connectivity index (χ1) is 15.1. The van der Waals surface area contributed by atoms with Gasteiger partial charge in [-0.15, -0.1) is 0 Å². The summed E-state index contributed by atoms with van der Waals surface area (Å²) >= 11 is 0. The molecule has 2 rings (SSSR count). The maximum atomic E-state index is 12.7. The molecule has 180 valence electrons. The third-order valence-corrected chi connectivity index (χ3v) is 6.39. The molecule has 0 spiro atoms. The third kappa shape index (κ3) is 8.48. The van der Waals surface area contributed by atoms with Crippen molar-refractivity contribution >= 4 is 23.2 Å². The van der Waals surface area contributed by atoms with Gasteiger partial charge in [0.25, 0.3) is 0 Å². The van der Waals surface area contributed by atoms with E-state index in [0.717, 1.165) is 69.7 Å². The quantitative estimate of drug-likeness (QED) is 0.486. The van der Waals surface area contributed by atoms with Gasteiger partial charge in [0.05, 0.1) is 0 Å². The van der Waals surface area contributed by atoms with Gasteiger partial charge in [-0.2, -0.15) is 0 Å². The monoisotopic (exact) mass is 443 g/mol. The molecule has 1 aliphatic rings. The Kier molecular flexibility index (Phi) is 10.0. The molecule has 5 nitrogen and oxygen atoms in total. The maximum absolute atomic E-state index is 12.7. The third-order valence-electron chi connectivity index (χ3n) is 6.39. The van der Waals surface area contributed by atoms with Crippen molar-refractivity contribution in [2.45, 2.75) is 80.1 Å². The number of piperazine rings is 1. The van der Waals surface area contributed by atoms with Crippen LogP contribution in [0.3, 0.4) is 0 Å². The molecule has 0 bridgehead atoms. The average molecular weight is 444 g/mol. The van der Waals surface area contributed by atoms with E-state index < -0.39 is 0 Å². The van der Waals surface area contributed by atoms with E-state index in [0.29, 0.717) is 12.3 Å². The van der Waals surface area contributed by atoms with Crippen molar-refractivity contribution in [3.8, 4) is 0 Å². The molecule has 1 aromatic rings. The van der Waals surface area contributed by atoms with E-state index in [2.05, 4.69) is 63.9 Å². The number of unbranched alkanes of at least 4 members (excludes halogenated alkanes) is 1. The van der Waals surface area contributed by atoms with Gasteiger partial charge >= 0.3 is 0 Å². The molecule has 1 saturated heterocycles. The molecule has 32 heavy (non-hydrogen) atoms. The lowest BCUT2D eigenvalue weighted by atomic mass is 9.84. The van der Waals surface area contributed by atoms with Crippen molar-refractivity contribution in [1.82, 2.24) is 4.90 Å². The van der Waals surface area contributed by atoms with Crippen molar-refractivity contribution in [2.24, 2.45) is 17.3 Å². The Hall–Kier alpha value is -2.04. The Bertz CT molecular complexity index is 715. The summed E-state index contributed by atoms with van der Waals surface area (Å²) < 4.78 is 0. The fraction of sp³-hybridized carbons (Fsp3) is 0.704. The van der Waals surface area contributed by atoms with E-state index in [-0.39, 0.29) is 23.1 Å². The Morgan fingerprint density at radius 1 is 1.03 bits per heavy atom. The van der Waals surface area contributed by atoms with E-state index in [4.69, 9.17) is 0 Å². The smallest absolute Gasteiger partial charge is 0.227 e. The van der Waals surface area contributed by atoms with Gasteiger partial charge in [0.2, 0.25) is 11.8 Å². The summed E-state index contributed by atoms with van der Waals surface area (Å²) in [6.45, 7) is 16.4. The number of anilines is 2. The van der Waals surface area contributed by atoms with Crippen LogP contribution in [0.5, 0.6) is 0 Å². The number of benzene rings is 1. The number of nitrogens with zero attached hydrogens (tertiary/aromatic N) is 2. The minimum absolute atomic E-state index is 0.0892. The Morgan fingerprint density at radius 3 is 2.19 bits per heavy atom. The highest BCUT2D eigenvalue weighted by molar-refractivity contribution is 5.92. The largest absolute Gasteiger partial charge is 0.368 e. The van der Waals surface area contributed by atoms with Crippen LogP contribution >= 0.6 is 0 Å². The second-order valence-electron chi connectivity index (χ2n) is 10.7. The van der Waals surface area contributed by atoms with Crippen LogP contribution < -0.4 is 10.2 Å². The van der Waals surface area contributed by atoms with Gasteiger partial charge in [-0.05, 0) is 54.9 Å². The summed E-state index contributed by atoms with van der Waals surface area (Å²) in [5.74, 6) is 0.915. The summed E-state index contributed by atoms with van der Waals surface area (Å²) in [6.07, 6.45) is 5.75. The summed E-state index contributed by atoms with van der Waals surface area (Å²) in [5, 5.41) is 3.08. The fourth-order valence-corrected chi connectivity index (χ4v) is 4.73. The minimum atomic E-state index is 0.0892. The van der Waals surface area contributed by atoms with Crippen molar-refractivity contribution in [3.05, 3.63) is 24.3 Å². The highest BCUT2D eigenvalue weighted by Crippen LogP contribution is 2.27. The molecule has 1 aromatic carbocycles. The highest BCUT2D eigenvalue weighted by atomic mass is 16.2. The molecule has 0 unspecified atom stereocenters. The molecular formula is C27H45N3O2. The first-order valence-electron chi connectivity index (χ1n) is 12.6. The van der Waals surface area contributed by atoms with Gasteiger partial charge in [0, 0.05) is 49.9 Å². The van der Waals surface area contributed by atoms with Crippen LogP contribution in [0.1, 0.15) is 80.1 Å². The number of rotatable bonds is 10. The highest BCUT2D eigenvalue weighted by Gasteiger charge is 2.24. The first kappa shape index (κ1) is 26.2. The second-order valence-corrected chi connectivity index (χ2v) is 10.7. The predicted octanol–water partition coefficient (Wildman–Crippen LogP) is 5.95. The van der Waals surface area contributed by atoms with Gasteiger partial charge in [-0.1, -0.05) is 54.4 Å². The molecule has 2 amide bonds. The van der Waals surface area contributed by atoms with Gasteiger partial charge in [-0.25, -0.2) is 0 Å². The average Bonchev–Trinajstić information content (AvgIpc) is 2.73. The van der Waals surface area contributed by atoms with Crippen molar-refractivity contribution < 1.29 is 9.59 Å². The first-order valence-corrected chi connectivity index (χ1v) is 12.6. The van der Waals surface area contributed by atoms with E-state index in [9.17, 15) is 9.59 Å². The number of nitrogens with one attached hydrogen (secondary N) is 1. The van der Waals surface area contributed by atoms with Gasteiger partial charge in [0.1, 0.15) is 0 Å². The zero-order valence-corrected chi connectivity index (χ0v) is 21.2. The lowest BCUT2D eigenvalue weighted by molar-refractivity contribution is -0.132. The fourth-order valence-electron chi connectivity index (χ4n) is 4.73. The van der Waals surface area contributed by atoms with E-state index in [1.807, 2.05) is 17.0 Å². The number of carbonyl (C=O) groups excluding carboxylic acids is 2. The van der Waals surface area contributed by atoms with Crippen molar-refractivity contribution in [2.75, 3.05) is 36.4 Å². The topological polar surface area (TPSA) is 52.7 Å². The summed E-state index contributed by atoms with van der Waals surface area (Å²) in [5.41, 5.74) is 2.27. The van der Waals surface area contributed by atoms with Gasteiger partial charge in [-0.3, -0.25) is 9.59 Å². The van der Waals surface area contributed by atoms with Crippen LogP contribution in [0.25, 0.3) is 0 Å². The van der Waals surface area contributed by atoms with Gasteiger partial charge in [0.15, 0.2) is 0 Å².